The largest absolute Gasteiger partial charge is 0.396 e. The van der Waals surface area contributed by atoms with Gasteiger partial charge in [-0.3, -0.25) is 15.1 Å². The van der Waals surface area contributed by atoms with Crippen molar-refractivity contribution in [2.24, 2.45) is 0 Å². The van der Waals surface area contributed by atoms with Crippen LogP contribution in [0.1, 0.15) is 17.7 Å². The van der Waals surface area contributed by atoms with Crippen molar-refractivity contribution in [1.82, 2.24) is 4.98 Å². The Morgan fingerprint density at radius 3 is 3.00 bits per heavy atom. The molecule has 0 saturated heterocycles. The summed E-state index contributed by atoms with van der Waals surface area (Å²) in [6, 6.07) is 1.47. The maximum absolute atomic E-state index is 10.6. The Morgan fingerprint density at radius 1 is 1.67 bits per heavy atom. The van der Waals surface area contributed by atoms with E-state index in [0.29, 0.717) is 17.7 Å². The molecule has 5 heteroatoms. The van der Waals surface area contributed by atoms with Crippen molar-refractivity contribution in [3.05, 3.63) is 39.7 Å². The van der Waals surface area contributed by atoms with Crippen molar-refractivity contribution in [3.8, 4) is 0 Å². The number of aliphatic hydroxyl groups is 1. The maximum atomic E-state index is 10.6. The third kappa shape index (κ3) is 3.14. The zero-order chi connectivity index (χ0) is 11.3. The van der Waals surface area contributed by atoms with Gasteiger partial charge < -0.3 is 5.11 Å². The monoisotopic (exact) mass is 208 g/mol. The number of nitrogens with zero attached hydrogens (tertiary/aromatic N) is 2. The van der Waals surface area contributed by atoms with Crippen LogP contribution in [0.3, 0.4) is 0 Å². The van der Waals surface area contributed by atoms with E-state index in [2.05, 4.69) is 4.98 Å². The minimum Gasteiger partial charge on any atom is -0.396 e. The van der Waals surface area contributed by atoms with E-state index in [1.54, 1.807) is 25.3 Å². The lowest BCUT2D eigenvalue weighted by Crippen LogP contribution is -1.94. The molecule has 1 aromatic heterocycles. The van der Waals surface area contributed by atoms with Gasteiger partial charge in [0.2, 0.25) is 0 Å². The highest BCUT2D eigenvalue weighted by Crippen LogP contribution is 2.17. The summed E-state index contributed by atoms with van der Waals surface area (Å²) < 4.78 is 0. The molecule has 0 amide bonds. The van der Waals surface area contributed by atoms with Gasteiger partial charge in [0.25, 0.3) is 5.69 Å². The summed E-state index contributed by atoms with van der Waals surface area (Å²) in [5.41, 5.74) is 1.08. The first-order valence-corrected chi connectivity index (χ1v) is 4.53. The number of rotatable bonds is 4. The van der Waals surface area contributed by atoms with Crippen LogP contribution in [-0.4, -0.2) is 21.6 Å². The SMILES string of the molecule is Cc1ncc(C=CCCO)cc1[N+](=O)[O-]. The molecule has 0 fully saturated rings. The highest BCUT2D eigenvalue weighted by atomic mass is 16.6. The van der Waals surface area contributed by atoms with Crippen molar-refractivity contribution < 1.29 is 10.0 Å². The molecular formula is C10H12N2O3. The quantitative estimate of drug-likeness (QED) is 0.603. The fourth-order valence-electron chi connectivity index (χ4n) is 1.11. The fraction of sp³-hybridized carbons (Fsp3) is 0.300. The van der Waals surface area contributed by atoms with Gasteiger partial charge in [-0.1, -0.05) is 12.2 Å². The summed E-state index contributed by atoms with van der Waals surface area (Å²) in [6.07, 6.45) is 5.55. The molecule has 0 unspecified atom stereocenters. The van der Waals surface area contributed by atoms with Crippen molar-refractivity contribution in [2.75, 3.05) is 6.61 Å². The fourth-order valence-corrected chi connectivity index (χ4v) is 1.11. The van der Waals surface area contributed by atoms with Crippen LogP contribution in [0.15, 0.2) is 18.3 Å². The zero-order valence-corrected chi connectivity index (χ0v) is 8.38. The summed E-state index contributed by atoms with van der Waals surface area (Å²) in [7, 11) is 0. The maximum Gasteiger partial charge on any atom is 0.291 e. The molecule has 0 atom stereocenters. The Labute approximate surface area is 87.2 Å². The predicted octanol–water partition coefficient (Wildman–Crippen LogP) is 1.69. The van der Waals surface area contributed by atoms with E-state index >= 15 is 0 Å². The predicted molar refractivity (Wildman–Crippen MR) is 56.4 cm³/mol. The van der Waals surface area contributed by atoms with Crippen LogP contribution in [0.4, 0.5) is 5.69 Å². The van der Waals surface area contributed by atoms with E-state index < -0.39 is 4.92 Å². The van der Waals surface area contributed by atoms with Crippen LogP contribution < -0.4 is 0 Å². The average Bonchev–Trinajstić information content (AvgIpc) is 2.20. The molecule has 0 aliphatic rings. The molecule has 0 spiro atoms. The van der Waals surface area contributed by atoms with Crippen molar-refractivity contribution in [1.29, 1.82) is 0 Å². The van der Waals surface area contributed by atoms with Crippen LogP contribution in [0.5, 0.6) is 0 Å². The van der Waals surface area contributed by atoms with Gasteiger partial charge in [0, 0.05) is 18.9 Å². The van der Waals surface area contributed by atoms with E-state index in [9.17, 15) is 10.1 Å². The topological polar surface area (TPSA) is 76.3 Å². The molecule has 0 aliphatic heterocycles. The van der Waals surface area contributed by atoms with Crippen LogP contribution in [-0.2, 0) is 0 Å². The second-order valence-corrected chi connectivity index (χ2v) is 3.04. The van der Waals surface area contributed by atoms with Crippen molar-refractivity contribution in [2.45, 2.75) is 13.3 Å². The third-order valence-corrected chi connectivity index (χ3v) is 1.88. The average molecular weight is 208 g/mol. The summed E-state index contributed by atoms with van der Waals surface area (Å²) in [4.78, 5) is 14.1. The van der Waals surface area contributed by atoms with Crippen molar-refractivity contribution >= 4 is 11.8 Å². The third-order valence-electron chi connectivity index (χ3n) is 1.88. The highest BCUT2D eigenvalue weighted by molar-refractivity contribution is 5.53. The molecule has 0 bridgehead atoms. The first kappa shape index (κ1) is 11.3. The van der Waals surface area contributed by atoms with Crippen molar-refractivity contribution in [3.63, 3.8) is 0 Å². The second-order valence-electron chi connectivity index (χ2n) is 3.04. The van der Waals surface area contributed by atoms with Crippen LogP contribution >= 0.6 is 0 Å². The normalized spacial score (nSPS) is 10.8. The molecular weight excluding hydrogens is 196 g/mol. The molecule has 5 nitrogen and oxygen atoms in total. The van der Waals surface area contributed by atoms with Crippen LogP contribution in [0.25, 0.3) is 6.08 Å². The Kier molecular flexibility index (Phi) is 3.93. The Bertz CT molecular complexity index is 388. The lowest BCUT2D eigenvalue weighted by atomic mass is 10.2. The van der Waals surface area contributed by atoms with Gasteiger partial charge in [0.15, 0.2) is 0 Å². The number of aryl methyl sites for hydroxylation is 1. The summed E-state index contributed by atoms with van der Waals surface area (Å²) in [5, 5.41) is 19.2. The zero-order valence-electron chi connectivity index (χ0n) is 8.38. The van der Waals surface area contributed by atoms with E-state index in [1.165, 1.54) is 6.07 Å². The Hall–Kier alpha value is -1.75. The minimum atomic E-state index is -0.453. The van der Waals surface area contributed by atoms with E-state index in [-0.39, 0.29) is 12.3 Å². The Morgan fingerprint density at radius 2 is 2.40 bits per heavy atom. The number of hydrogen-bond donors (Lipinski definition) is 1. The molecule has 0 radical (unpaired) electrons. The highest BCUT2D eigenvalue weighted by Gasteiger charge is 2.10. The summed E-state index contributed by atoms with van der Waals surface area (Å²) in [6.45, 7) is 1.66. The van der Waals surface area contributed by atoms with E-state index in [1.807, 2.05) is 0 Å². The molecule has 0 saturated carbocycles. The number of nitro groups is 1. The van der Waals surface area contributed by atoms with Gasteiger partial charge in [-0.25, -0.2) is 0 Å². The molecule has 1 rings (SSSR count). The molecule has 0 aromatic carbocycles. The van der Waals surface area contributed by atoms with Gasteiger partial charge >= 0.3 is 0 Å². The van der Waals surface area contributed by atoms with Gasteiger partial charge in [0.1, 0.15) is 5.69 Å². The molecule has 15 heavy (non-hydrogen) atoms. The first-order valence-electron chi connectivity index (χ1n) is 4.53. The smallest absolute Gasteiger partial charge is 0.291 e. The second kappa shape index (κ2) is 5.21. The lowest BCUT2D eigenvalue weighted by Gasteiger charge is -1.97. The van der Waals surface area contributed by atoms with Crippen LogP contribution in [0.2, 0.25) is 0 Å². The number of aliphatic hydroxyl groups excluding tert-OH is 1. The molecule has 1 heterocycles. The van der Waals surface area contributed by atoms with Gasteiger partial charge in [-0.05, 0) is 18.9 Å². The van der Waals surface area contributed by atoms with E-state index in [0.717, 1.165) is 0 Å². The van der Waals surface area contributed by atoms with Gasteiger partial charge in [-0.15, -0.1) is 0 Å². The molecule has 80 valence electrons. The van der Waals surface area contributed by atoms with E-state index in [4.69, 9.17) is 5.11 Å². The van der Waals surface area contributed by atoms with Gasteiger partial charge in [0.05, 0.1) is 4.92 Å². The molecule has 1 aromatic rings. The summed E-state index contributed by atoms with van der Waals surface area (Å²) >= 11 is 0. The first-order chi connectivity index (χ1) is 7.15. The van der Waals surface area contributed by atoms with Crippen LogP contribution in [0, 0.1) is 17.0 Å². The standard InChI is InChI=1S/C10H12N2O3/c1-8-10(12(14)15)6-9(7-11-8)4-2-3-5-13/h2,4,6-7,13H,3,5H2,1H3. The number of aromatic nitrogens is 1. The molecule has 0 aliphatic carbocycles. The Balaban J connectivity index is 2.92. The van der Waals surface area contributed by atoms with Gasteiger partial charge in [-0.2, -0.15) is 0 Å². The summed E-state index contributed by atoms with van der Waals surface area (Å²) in [5.74, 6) is 0. The lowest BCUT2D eigenvalue weighted by molar-refractivity contribution is -0.385. The number of pyridine rings is 1. The molecule has 1 N–H and O–H groups in total. The minimum absolute atomic E-state index is 0.0150. The number of hydrogen-bond acceptors (Lipinski definition) is 4.